The Balaban J connectivity index is 1.10. The van der Waals surface area contributed by atoms with Crippen molar-refractivity contribution in [2.24, 2.45) is 0 Å². The zero-order valence-electron chi connectivity index (χ0n) is 61.5. The van der Waals surface area contributed by atoms with Gasteiger partial charge in [-0.1, -0.05) is 0 Å². The van der Waals surface area contributed by atoms with Gasteiger partial charge in [-0.25, -0.2) is 0 Å². The lowest BCUT2D eigenvalue weighted by molar-refractivity contribution is -0.401. The molecular formula is C64H110N2O47. The first-order valence-electron chi connectivity index (χ1n) is 36.5. The molecule has 0 spiro atoms. The summed E-state index contributed by atoms with van der Waals surface area (Å²) in [5, 5.41) is 303. The van der Waals surface area contributed by atoms with Crippen LogP contribution in [0.4, 0.5) is 0 Å². The van der Waals surface area contributed by atoms with Crippen molar-refractivity contribution in [2.45, 2.75) is 342 Å². The number of aliphatic hydroxyl groups is 27. The molecule has 9 aliphatic heterocycles. The highest BCUT2D eigenvalue weighted by Gasteiger charge is 2.62. The van der Waals surface area contributed by atoms with E-state index in [1.54, 1.807) is 0 Å². The van der Waals surface area contributed by atoms with E-state index in [4.69, 9.17) is 85.3 Å². The summed E-state index contributed by atoms with van der Waals surface area (Å²) in [4.78, 5) is 27.2. The summed E-state index contributed by atoms with van der Waals surface area (Å²) < 4.78 is 109. The van der Waals surface area contributed by atoms with Gasteiger partial charge in [0.2, 0.25) is 11.8 Å². The Morgan fingerprint density at radius 3 is 0.956 bits per heavy atom. The molecule has 2 amide bonds. The van der Waals surface area contributed by atoms with Crippen LogP contribution in [0.2, 0.25) is 0 Å². The molecule has 0 bridgehead atoms. The van der Waals surface area contributed by atoms with Crippen molar-refractivity contribution >= 4 is 11.8 Å². The van der Waals surface area contributed by atoms with Crippen LogP contribution in [0.5, 0.6) is 0 Å². The van der Waals surface area contributed by atoms with Gasteiger partial charge in [-0.2, -0.15) is 0 Å². The quantitative estimate of drug-likeness (QED) is 0.0318. The molecule has 0 saturated carbocycles. The monoisotopic (exact) mass is 1660 g/mol. The van der Waals surface area contributed by atoms with Crippen LogP contribution in [0, 0.1) is 0 Å². The average molecular weight is 1660 g/mol. The lowest BCUT2D eigenvalue weighted by Crippen LogP contribution is -2.71. The van der Waals surface area contributed by atoms with Crippen molar-refractivity contribution in [3.8, 4) is 0 Å². The number of rotatable bonds is 30. The Morgan fingerprint density at radius 2 is 0.611 bits per heavy atom. The molecule has 9 rings (SSSR count). The molecule has 0 aromatic heterocycles. The van der Waals surface area contributed by atoms with Crippen molar-refractivity contribution < 1.29 is 233 Å². The minimum atomic E-state index is -2.59. The molecule has 9 heterocycles. The second kappa shape index (κ2) is 40.7. The van der Waals surface area contributed by atoms with Crippen LogP contribution < -0.4 is 10.6 Å². The van der Waals surface area contributed by atoms with Crippen LogP contribution in [0.1, 0.15) is 41.5 Å². The molecule has 29 N–H and O–H groups in total. The third-order valence-corrected chi connectivity index (χ3v) is 21.2. The van der Waals surface area contributed by atoms with Gasteiger partial charge in [0.05, 0.1) is 70.7 Å². The number of ether oxygens (including phenoxy) is 18. The molecule has 0 aromatic rings. The summed E-state index contributed by atoms with van der Waals surface area (Å²) >= 11 is 0. The minimum absolute atomic E-state index is 0.895. The molecule has 49 atom stereocenters. The molecule has 113 heavy (non-hydrogen) atoms. The predicted molar refractivity (Wildman–Crippen MR) is 349 cm³/mol. The molecule has 0 aliphatic carbocycles. The Kier molecular flexibility index (Phi) is 33.8. The van der Waals surface area contributed by atoms with E-state index in [1.165, 1.54) is 27.7 Å². The van der Waals surface area contributed by atoms with Crippen molar-refractivity contribution in [3.05, 3.63) is 0 Å². The maximum Gasteiger partial charge on any atom is 0.217 e. The molecule has 9 aliphatic rings. The fourth-order valence-corrected chi connectivity index (χ4v) is 14.5. The molecule has 9 fully saturated rings. The van der Waals surface area contributed by atoms with Gasteiger partial charge in [0.1, 0.15) is 220 Å². The van der Waals surface area contributed by atoms with Crippen LogP contribution in [-0.2, 0) is 94.9 Å². The lowest BCUT2D eigenvalue weighted by atomic mass is 9.93. The van der Waals surface area contributed by atoms with Crippen molar-refractivity contribution in [3.63, 3.8) is 0 Å². The summed E-state index contributed by atoms with van der Waals surface area (Å²) in [6.07, 6.45) is -96.7. The topological polar surface area (TPSA) is 771 Å². The second-order valence-corrected chi connectivity index (χ2v) is 29.2. The SMILES string of the molecule is CC(=O)N[C@H]1[C@H](OC[C@H]2O[C@@H](O[C@@H]([C@H](O)[C@@H](O)CO)[C@H](O)CO)[C@H](O)[C@@H](O[C@@H]3O[C@H](CO)[C@@H](O[C@@H]4O[C@H](CO)[C@H](O)[C@H](O)[C@H]4O[C@@H]4O[C@@H](C)[C@@H](O)[C@@H](O)[C@@H]4O)[C@H](O[C@@H]4O[C@@H](C)[C@@H](O)[C@@H](O)[C@@H]4O)[C@H]3NC(C)=O)[C@H]2O)O[C@H](CO)[C@@H](O[C@@H]2O[C@H](CO)[C@H](O)[C@H](O)[C@H]2O[C@@H]2O[C@@H](C)[C@@H](O)[C@@H](O)[C@@H]2O)[C@@H]1O[C@@H]1O[C@@H](C)[C@@H](O)[C@@H](O)[C@@H]1O. The number of amides is 2. The number of aliphatic hydroxyl groups excluding tert-OH is 27. The summed E-state index contributed by atoms with van der Waals surface area (Å²) in [7, 11) is 0. The molecule has 49 nitrogen and oxygen atoms in total. The van der Waals surface area contributed by atoms with Gasteiger partial charge in [0.15, 0.2) is 56.6 Å². The molecular weight excluding hydrogens is 1550 g/mol. The molecule has 49 heteroatoms. The van der Waals surface area contributed by atoms with E-state index in [1.807, 2.05) is 0 Å². The fourth-order valence-electron chi connectivity index (χ4n) is 14.5. The highest BCUT2D eigenvalue weighted by Crippen LogP contribution is 2.41. The molecule has 0 radical (unpaired) electrons. The summed E-state index contributed by atoms with van der Waals surface area (Å²) in [5.74, 6) is -2.05. The maximum absolute atomic E-state index is 13.7. The zero-order valence-corrected chi connectivity index (χ0v) is 61.5. The van der Waals surface area contributed by atoms with E-state index in [9.17, 15) is 147 Å². The van der Waals surface area contributed by atoms with Gasteiger partial charge >= 0.3 is 0 Å². The summed E-state index contributed by atoms with van der Waals surface area (Å²) in [5.41, 5.74) is 0. The van der Waals surface area contributed by atoms with Crippen LogP contribution in [0.3, 0.4) is 0 Å². The van der Waals surface area contributed by atoms with Crippen LogP contribution >= 0.6 is 0 Å². The Morgan fingerprint density at radius 1 is 0.301 bits per heavy atom. The number of hydrogen-bond acceptors (Lipinski definition) is 47. The van der Waals surface area contributed by atoms with Crippen LogP contribution in [-0.4, -0.2) is 497 Å². The normalized spacial score (nSPS) is 49.9. The largest absolute Gasteiger partial charge is 0.394 e. The molecule has 9 saturated heterocycles. The molecule has 658 valence electrons. The van der Waals surface area contributed by atoms with Gasteiger partial charge in [-0.05, 0) is 27.7 Å². The smallest absolute Gasteiger partial charge is 0.217 e. The van der Waals surface area contributed by atoms with Crippen LogP contribution in [0.15, 0.2) is 0 Å². The summed E-state index contributed by atoms with van der Waals surface area (Å²) in [6.45, 7) is -1.66. The third kappa shape index (κ3) is 20.7. The zero-order chi connectivity index (χ0) is 83.5. The van der Waals surface area contributed by atoms with Gasteiger partial charge in [-0.3, -0.25) is 9.59 Å². The van der Waals surface area contributed by atoms with Gasteiger partial charge in [0.25, 0.3) is 0 Å². The average Bonchev–Trinajstić information content (AvgIpc) is 0.761. The first kappa shape index (κ1) is 94.0. The summed E-state index contributed by atoms with van der Waals surface area (Å²) in [6, 6.07) is -4.12. The Bertz CT molecular complexity index is 2920. The lowest BCUT2D eigenvalue weighted by Gasteiger charge is -2.52. The Labute approximate surface area is 642 Å². The number of carbonyl (C=O) groups is 2. The second-order valence-electron chi connectivity index (χ2n) is 29.2. The maximum atomic E-state index is 13.7. The van der Waals surface area contributed by atoms with E-state index >= 15 is 0 Å². The van der Waals surface area contributed by atoms with Gasteiger partial charge in [0, 0.05) is 13.8 Å². The van der Waals surface area contributed by atoms with E-state index in [2.05, 4.69) is 10.6 Å². The minimum Gasteiger partial charge on any atom is -0.394 e. The third-order valence-electron chi connectivity index (χ3n) is 21.2. The standard InChI is InChI=1S/C64H110N2O47/c1-14-29(77)37(85)43(91)58(97-14)109-51-27(65-18(5)73)56(103-24(11-71)49(51)107-63-54(41(89)34(82)22(9-69)101-63)112-60-45(93)39(87)31(79)16(3)99-60)96-13-26-36(84)53(47(95)62(105-26)106-48(21(76)8-68)33(81)20(75)7-67)111-57-28(66-19(6)74)52(110-59-44(92)38(86)30(78)15(2)98-59)50(25(12-72)104-57)108-64-55(42(90)35(83)23(10-70)102-64)113-61-46(94)40(88)32(80)17(4)100-61/h14-17,20-64,67-72,75-95H,7-13H2,1-6H3,(H,65,73)(H,66,74)/t14-,15-,16-,17-,20-,21+,22+,23+,24+,25+,26+,27+,28+,29+,30+,31+,32+,33+,34-,35-,36-,37+,38+,39+,40+,41-,42-,43-,44-,45-,46-,47+,48+,49+,50+,51+,52+,53-,54+,55+,56+,57-,58-,59-,60-,61-,62-,63-,64-/m0/s1. The molecule has 0 aromatic carbocycles. The number of hydrogen-bond donors (Lipinski definition) is 29. The van der Waals surface area contributed by atoms with Crippen LogP contribution in [0.25, 0.3) is 0 Å². The predicted octanol–water partition coefficient (Wildman–Crippen LogP) is -18.8. The van der Waals surface area contributed by atoms with Gasteiger partial charge in [-0.15, -0.1) is 0 Å². The Hall–Kier alpha value is -2.86. The van der Waals surface area contributed by atoms with Gasteiger partial charge < -0.3 is 234 Å². The number of nitrogens with one attached hydrogen (secondary N) is 2. The first-order chi connectivity index (χ1) is 53.3. The van der Waals surface area contributed by atoms with E-state index in [0.29, 0.717) is 0 Å². The van der Waals surface area contributed by atoms with Crippen molar-refractivity contribution in [1.29, 1.82) is 0 Å². The van der Waals surface area contributed by atoms with Crippen molar-refractivity contribution in [1.82, 2.24) is 10.6 Å². The van der Waals surface area contributed by atoms with Crippen molar-refractivity contribution in [2.75, 3.05) is 46.2 Å². The van der Waals surface area contributed by atoms with E-state index < -0.39 is 359 Å². The highest BCUT2D eigenvalue weighted by atomic mass is 16.8. The first-order valence-corrected chi connectivity index (χ1v) is 36.5. The number of carbonyl (C=O) groups excluding carboxylic acids is 2. The van der Waals surface area contributed by atoms with E-state index in [0.717, 1.165) is 13.8 Å². The highest BCUT2D eigenvalue weighted by molar-refractivity contribution is 5.73. The fraction of sp³-hybridized carbons (Fsp3) is 0.969. The van der Waals surface area contributed by atoms with E-state index in [-0.39, 0.29) is 0 Å². The molecule has 0 unspecified atom stereocenters.